The summed E-state index contributed by atoms with van der Waals surface area (Å²) in [5.74, 6) is -0.644. The number of amides is 2. The minimum Gasteiger partial charge on any atom is -0.289 e. The molecule has 0 bridgehead atoms. The van der Waals surface area contributed by atoms with Gasteiger partial charge in [0, 0.05) is 18.1 Å². The topological polar surface area (TPSA) is 54.5 Å². The third-order valence-corrected chi connectivity index (χ3v) is 3.52. The number of fused-ring (bicyclic) bond motifs is 1. The van der Waals surface area contributed by atoms with Crippen molar-refractivity contribution in [2.75, 3.05) is 4.90 Å². The first-order valence-electron chi connectivity index (χ1n) is 6.64. The fourth-order valence-corrected chi connectivity index (χ4v) is 2.56. The van der Waals surface area contributed by atoms with Crippen LogP contribution in [0.25, 0.3) is 0 Å². The standard InChI is InChI=1S/C17H13NO3/c1-11(19)18-15-8-7-13(9-14(15)10-16(18)20)17(21)12-5-3-2-4-6-12/h2-9H,10H2,1H3. The highest BCUT2D eigenvalue weighted by Gasteiger charge is 2.30. The molecule has 0 aliphatic carbocycles. The van der Waals surface area contributed by atoms with Gasteiger partial charge in [0.25, 0.3) is 0 Å². The van der Waals surface area contributed by atoms with E-state index < -0.39 is 0 Å². The van der Waals surface area contributed by atoms with Crippen LogP contribution in [-0.4, -0.2) is 17.6 Å². The van der Waals surface area contributed by atoms with Gasteiger partial charge in [0.1, 0.15) is 0 Å². The highest BCUT2D eigenvalue weighted by Crippen LogP contribution is 2.30. The van der Waals surface area contributed by atoms with Crippen LogP contribution in [0, 0.1) is 0 Å². The van der Waals surface area contributed by atoms with Crippen molar-refractivity contribution in [1.82, 2.24) is 0 Å². The zero-order valence-electron chi connectivity index (χ0n) is 11.5. The zero-order chi connectivity index (χ0) is 15.0. The minimum absolute atomic E-state index is 0.0906. The van der Waals surface area contributed by atoms with Gasteiger partial charge in [-0.25, -0.2) is 0 Å². The Bertz CT molecular complexity index is 750. The minimum atomic E-state index is -0.305. The van der Waals surface area contributed by atoms with E-state index in [4.69, 9.17) is 0 Å². The van der Waals surface area contributed by atoms with E-state index >= 15 is 0 Å². The molecule has 0 atom stereocenters. The van der Waals surface area contributed by atoms with Crippen LogP contribution in [-0.2, 0) is 16.0 Å². The quantitative estimate of drug-likeness (QED) is 0.793. The number of anilines is 1. The number of ketones is 1. The van der Waals surface area contributed by atoms with Crippen LogP contribution in [0.1, 0.15) is 28.4 Å². The van der Waals surface area contributed by atoms with Gasteiger partial charge in [-0.2, -0.15) is 0 Å². The lowest BCUT2D eigenvalue weighted by Crippen LogP contribution is -2.31. The summed E-state index contributed by atoms with van der Waals surface area (Å²) in [7, 11) is 0. The number of imide groups is 1. The molecule has 2 aromatic carbocycles. The molecule has 0 saturated heterocycles. The summed E-state index contributed by atoms with van der Waals surface area (Å²) < 4.78 is 0. The molecule has 3 rings (SSSR count). The van der Waals surface area contributed by atoms with Crippen molar-refractivity contribution in [3.63, 3.8) is 0 Å². The Morgan fingerprint density at radius 1 is 1.00 bits per heavy atom. The maximum absolute atomic E-state index is 12.4. The summed E-state index contributed by atoms with van der Waals surface area (Å²) in [5, 5.41) is 0. The second-order valence-corrected chi connectivity index (χ2v) is 4.96. The lowest BCUT2D eigenvalue weighted by molar-refractivity contribution is -0.124. The van der Waals surface area contributed by atoms with E-state index in [1.807, 2.05) is 18.2 Å². The maximum atomic E-state index is 12.4. The van der Waals surface area contributed by atoms with Crippen molar-refractivity contribution in [3.8, 4) is 0 Å². The number of hydrogen-bond donors (Lipinski definition) is 0. The summed E-state index contributed by atoms with van der Waals surface area (Å²) in [4.78, 5) is 36.9. The van der Waals surface area contributed by atoms with Crippen molar-refractivity contribution in [1.29, 1.82) is 0 Å². The molecule has 0 saturated carbocycles. The molecule has 1 heterocycles. The number of carbonyl (C=O) groups excluding carboxylic acids is 3. The summed E-state index contributed by atoms with van der Waals surface area (Å²) in [5.41, 5.74) is 2.43. The molecule has 104 valence electrons. The van der Waals surface area contributed by atoms with Gasteiger partial charge in [-0.1, -0.05) is 30.3 Å². The monoisotopic (exact) mass is 279 g/mol. The average Bonchev–Trinajstić information content (AvgIpc) is 2.82. The van der Waals surface area contributed by atoms with Gasteiger partial charge < -0.3 is 0 Å². The SMILES string of the molecule is CC(=O)N1C(=O)Cc2cc(C(=O)c3ccccc3)ccc21. The Kier molecular flexibility index (Phi) is 3.14. The fourth-order valence-electron chi connectivity index (χ4n) is 2.56. The highest BCUT2D eigenvalue weighted by molar-refractivity contribution is 6.19. The van der Waals surface area contributed by atoms with E-state index in [0.717, 1.165) is 10.5 Å². The first-order chi connectivity index (χ1) is 10.1. The molecular weight excluding hydrogens is 266 g/mol. The first-order valence-corrected chi connectivity index (χ1v) is 6.64. The second kappa shape index (κ2) is 4.98. The van der Waals surface area contributed by atoms with Gasteiger partial charge in [0.2, 0.25) is 11.8 Å². The number of nitrogens with zero attached hydrogens (tertiary/aromatic N) is 1. The third-order valence-electron chi connectivity index (χ3n) is 3.52. The lowest BCUT2D eigenvalue weighted by Gasteiger charge is -2.12. The van der Waals surface area contributed by atoms with Crippen LogP contribution in [0.5, 0.6) is 0 Å². The van der Waals surface area contributed by atoms with Crippen molar-refractivity contribution in [3.05, 3.63) is 65.2 Å². The molecule has 0 spiro atoms. The lowest BCUT2D eigenvalue weighted by atomic mass is 10.0. The van der Waals surface area contributed by atoms with Crippen LogP contribution in [0.15, 0.2) is 48.5 Å². The van der Waals surface area contributed by atoms with Gasteiger partial charge in [-0.05, 0) is 23.8 Å². The molecule has 0 N–H and O–H groups in total. The summed E-state index contributed by atoms with van der Waals surface area (Å²) in [6.45, 7) is 1.36. The fraction of sp³-hybridized carbons (Fsp3) is 0.118. The number of carbonyl (C=O) groups is 3. The van der Waals surface area contributed by atoms with Gasteiger partial charge >= 0.3 is 0 Å². The summed E-state index contributed by atoms with van der Waals surface area (Å²) >= 11 is 0. The molecule has 0 radical (unpaired) electrons. The van der Waals surface area contributed by atoms with Crippen molar-refractivity contribution < 1.29 is 14.4 Å². The van der Waals surface area contributed by atoms with E-state index in [1.165, 1.54) is 6.92 Å². The third kappa shape index (κ3) is 2.25. The smallest absolute Gasteiger partial charge is 0.238 e. The molecule has 0 unspecified atom stereocenters. The number of hydrogen-bond acceptors (Lipinski definition) is 3. The molecule has 4 heteroatoms. The molecule has 1 aliphatic rings. The molecule has 21 heavy (non-hydrogen) atoms. The molecule has 0 fully saturated rings. The van der Waals surface area contributed by atoms with E-state index in [1.54, 1.807) is 30.3 Å². The first kappa shape index (κ1) is 13.2. The van der Waals surface area contributed by atoms with Gasteiger partial charge in [0.15, 0.2) is 5.78 Å². The van der Waals surface area contributed by atoms with Gasteiger partial charge in [-0.15, -0.1) is 0 Å². The highest BCUT2D eigenvalue weighted by atomic mass is 16.2. The summed E-state index contributed by atoms with van der Waals surface area (Å²) in [6.07, 6.45) is 0.158. The molecular formula is C17H13NO3. The normalized spacial score (nSPS) is 13.2. The molecule has 1 aliphatic heterocycles. The van der Waals surface area contributed by atoms with Crippen LogP contribution < -0.4 is 4.90 Å². The van der Waals surface area contributed by atoms with Gasteiger partial charge in [0.05, 0.1) is 12.1 Å². The Morgan fingerprint density at radius 3 is 2.38 bits per heavy atom. The number of benzene rings is 2. The zero-order valence-corrected chi connectivity index (χ0v) is 11.5. The molecule has 2 aromatic rings. The van der Waals surface area contributed by atoms with E-state index in [0.29, 0.717) is 16.8 Å². The summed E-state index contributed by atoms with van der Waals surface area (Å²) in [6, 6.07) is 14.0. The Morgan fingerprint density at radius 2 is 1.71 bits per heavy atom. The Labute approximate surface area is 122 Å². The van der Waals surface area contributed by atoms with Crippen molar-refractivity contribution in [2.45, 2.75) is 13.3 Å². The van der Waals surface area contributed by atoms with Crippen LogP contribution in [0.3, 0.4) is 0 Å². The molecule has 4 nitrogen and oxygen atoms in total. The van der Waals surface area contributed by atoms with Crippen LogP contribution in [0.2, 0.25) is 0 Å². The van der Waals surface area contributed by atoms with Crippen molar-refractivity contribution >= 4 is 23.3 Å². The molecule has 2 amide bonds. The maximum Gasteiger partial charge on any atom is 0.238 e. The van der Waals surface area contributed by atoms with Crippen LogP contribution in [0.4, 0.5) is 5.69 Å². The Balaban J connectivity index is 1.99. The largest absolute Gasteiger partial charge is 0.289 e. The van der Waals surface area contributed by atoms with E-state index in [9.17, 15) is 14.4 Å². The molecule has 0 aromatic heterocycles. The second-order valence-electron chi connectivity index (χ2n) is 4.96. The Hall–Kier alpha value is -2.75. The predicted molar refractivity (Wildman–Crippen MR) is 78.2 cm³/mol. The van der Waals surface area contributed by atoms with E-state index in [2.05, 4.69) is 0 Å². The van der Waals surface area contributed by atoms with Crippen molar-refractivity contribution in [2.24, 2.45) is 0 Å². The number of rotatable bonds is 2. The van der Waals surface area contributed by atoms with E-state index in [-0.39, 0.29) is 24.0 Å². The van der Waals surface area contributed by atoms with Crippen LogP contribution >= 0.6 is 0 Å². The average molecular weight is 279 g/mol. The predicted octanol–water partition coefficient (Wildman–Crippen LogP) is 2.35. The van der Waals surface area contributed by atoms with Gasteiger partial charge in [-0.3, -0.25) is 19.3 Å².